The fourth-order valence-corrected chi connectivity index (χ4v) is 4.13. The third-order valence-corrected chi connectivity index (χ3v) is 5.98. The molecule has 5 nitrogen and oxygen atoms in total. The van der Waals surface area contributed by atoms with E-state index in [1.165, 1.54) is 31.4 Å². The molecule has 3 rings (SSSR count). The first-order valence-electron chi connectivity index (χ1n) is 10.3. The molecule has 0 unspecified atom stereocenters. The zero-order valence-corrected chi connectivity index (χ0v) is 18.9. The number of likely N-dealkylation sites (tertiary alicyclic amines) is 1. The van der Waals surface area contributed by atoms with E-state index in [2.05, 4.69) is 15.1 Å². The summed E-state index contributed by atoms with van der Waals surface area (Å²) in [5, 5.41) is 3.23. The highest BCUT2D eigenvalue weighted by Crippen LogP contribution is 2.20. The highest BCUT2D eigenvalue weighted by molar-refractivity contribution is 5.85. The molecule has 0 saturated carbocycles. The van der Waals surface area contributed by atoms with Crippen molar-refractivity contribution >= 4 is 36.4 Å². The number of rotatable bonds is 7. The van der Waals surface area contributed by atoms with Crippen LogP contribution in [-0.4, -0.2) is 75.1 Å². The lowest BCUT2D eigenvalue weighted by Crippen LogP contribution is -2.49. The van der Waals surface area contributed by atoms with Gasteiger partial charge in [0.1, 0.15) is 5.82 Å². The lowest BCUT2D eigenvalue weighted by molar-refractivity contribution is -0.131. The summed E-state index contributed by atoms with van der Waals surface area (Å²) in [4.78, 5) is 19.2. The fourth-order valence-electron chi connectivity index (χ4n) is 4.13. The number of benzene rings is 1. The van der Waals surface area contributed by atoms with E-state index in [9.17, 15) is 9.18 Å². The van der Waals surface area contributed by atoms with Crippen molar-refractivity contribution < 1.29 is 9.18 Å². The first-order chi connectivity index (χ1) is 13.2. The van der Waals surface area contributed by atoms with Gasteiger partial charge < -0.3 is 20.0 Å². The van der Waals surface area contributed by atoms with E-state index in [1.54, 1.807) is 0 Å². The second-order valence-corrected chi connectivity index (χ2v) is 7.77. The maximum Gasteiger partial charge on any atom is 0.223 e. The third kappa shape index (κ3) is 7.93. The molecule has 2 aliphatic heterocycles. The molecule has 1 aromatic carbocycles. The van der Waals surface area contributed by atoms with Gasteiger partial charge in [-0.05, 0) is 76.1 Å². The molecule has 1 N–H and O–H groups in total. The van der Waals surface area contributed by atoms with Gasteiger partial charge in [-0.1, -0.05) is 0 Å². The maximum absolute atomic E-state index is 13.1. The molecular formula is C21H35Cl2FN4O. The Labute approximate surface area is 186 Å². The lowest BCUT2D eigenvalue weighted by atomic mass is 9.93. The first-order valence-corrected chi connectivity index (χ1v) is 10.3. The van der Waals surface area contributed by atoms with Crippen LogP contribution in [0.15, 0.2) is 24.3 Å². The van der Waals surface area contributed by atoms with Gasteiger partial charge in [-0.3, -0.25) is 4.79 Å². The van der Waals surface area contributed by atoms with Crippen molar-refractivity contribution in [2.75, 3.05) is 64.3 Å². The van der Waals surface area contributed by atoms with E-state index in [0.29, 0.717) is 6.42 Å². The van der Waals surface area contributed by atoms with Gasteiger partial charge in [0, 0.05) is 44.8 Å². The van der Waals surface area contributed by atoms with Gasteiger partial charge in [0.15, 0.2) is 0 Å². The van der Waals surface area contributed by atoms with Gasteiger partial charge >= 0.3 is 0 Å². The molecule has 2 aliphatic rings. The number of nitrogens with one attached hydrogen (secondary N) is 1. The highest BCUT2D eigenvalue weighted by atomic mass is 35.5. The van der Waals surface area contributed by atoms with Gasteiger partial charge in [0.25, 0.3) is 0 Å². The monoisotopic (exact) mass is 448 g/mol. The zero-order valence-electron chi connectivity index (χ0n) is 17.3. The number of halogens is 3. The zero-order chi connectivity index (χ0) is 19.1. The molecule has 0 aromatic heterocycles. The summed E-state index contributed by atoms with van der Waals surface area (Å²) in [6.07, 6.45) is 4.40. The molecule has 29 heavy (non-hydrogen) atoms. The summed E-state index contributed by atoms with van der Waals surface area (Å²) < 4.78 is 13.1. The van der Waals surface area contributed by atoms with Gasteiger partial charge in [-0.25, -0.2) is 4.39 Å². The van der Waals surface area contributed by atoms with Crippen LogP contribution in [0.1, 0.15) is 25.7 Å². The van der Waals surface area contributed by atoms with Crippen LogP contribution in [0.25, 0.3) is 0 Å². The van der Waals surface area contributed by atoms with E-state index in [4.69, 9.17) is 0 Å². The smallest absolute Gasteiger partial charge is 0.223 e. The second-order valence-electron chi connectivity index (χ2n) is 7.77. The van der Waals surface area contributed by atoms with E-state index >= 15 is 0 Å². The molecule has 0 radical (unpaired) electrons. The van der Waals surface area contributed by atoms with Crippen LogP contribution in [0.4, 0.5) is 10.1 Å². The third-order valence-electron chi connectivity index (χ3n) is 5.98. The number of hydrogen-bond donors (Lipinski definition) is 1. The Morgan fingerprint density at radius 1 is 1.03 bits per heavy atom. The average molecular weight is 449 g/mol. The minimum atomic E-state index is -0.210. The molecule has 8 heteroatoms. The number of piperidine rings is 1. The predicted molar refractivity (Wildman–Crippen MR) is 122 cm³/mol. The molecule has 0 spiro atoms. The van der Waals surface area contributed by atoms with E-state index in [-0.39, 0.29) is 36.5 Å². The Bertz CT molecular complexity index is 589. The van der Waals surface area contributed by atoms with Gasteiger partial charge in [-0.15, -0.1) is 24.8 Å². The van der Waals surface area contributed by atoms with Crippen LogP contribution >= 0.6 is 24.8 Å². The number of carbonyl (C=O) groups is 1. The molecule has 2 heterocycles. The van der Waals surface area contributed by atoms with Gasteiger partial charge in [0.05, 0.1) is 0 Å². The summed E-state index contributed by atoms with van der Waals surface area (Å²) in [6.45, 7) is 7.37. The summed E-state index contributed by atoms with van der Waals surface area (Å²) in [5.41, 5.74) is 1.03. The molecule has 0 aliphatic carbocycles. The van der Waals surface area contributed by atoms with Crippen molar-refractivity contribution in [3.8, 4) is 0 Å². The number of piperazine rings is 1. The quantitative estimate of drug-likeness (QED) is 0.695. The minimum absolute atomic E-state index is 0. The van der Waals surface area contributed by atoms with Gasteiger partial charge in [-0.2, -0.15) is 0 Å². The standard InChI is InChI=1S/C21H33FN4O.2ClH/c1-23-10-6-18-7-11-24(12-8-18)13-9-21(27)26-16-14-25(15-17-26)20-4-2-19(22)3-5-20;;/h2-5,18,23H,6-17H2,1H3;2*1H. The first kappa shape index (κ1) is 26.0. The molecule has 2 fully saturated rings. The molecule has 0 bridgehead atoms. The highest BCUT2D eigenvalue weighted by Gasteiger charge is 2.23. The minimum Gasteiger partial charge on any atom is -0.368 e. The summed E-state index contributed by atoms with van der Waals surface area (Å²) in [7, 11) is 2.01. The van der Waals surface area contributed by atoms with Gasteiger partial charge in [0.2, 0.25) is 5.91 Å². The van der Waals surface area contributed by atoms with E-state index < -0.39 is 0 Å². The van der Waals surface area contributed by atoms with Crippen molar-refractivity contribution in [3.05, 3.63) is 30.1 Å². The van der Waals surface area contributed by atoms with Crippen LogP contribution in [0.3, 0.4) is 0 Å². The van der Waals surface area contributed by atoms with Crippen molar-refractivity contribution in [3.63, 3.8) is 0 Å². The van der Waals surface area contributed by atoms with Crippen molar-refractivity contribution in [2.24, 2.45) is 5.92 Å². The predicted octanol–water partition coefficient (Wildman–Crippen LogP) is 3.03. The second kappa shape index (κ2) is 13.3. The molecule has 1 amide bonds. The molecule has 2 saturated heterocycles. The molecule has 166 valence electrons. The Hall–Kier alpha value is -1.08. The Morgan fingerprint density at radius 2 is 1.66 bits per heavy atom. The topological polar surface area (TPSA) is 38.8 Å². The largest absolute Gasteiger partial charge is 0.368 e. The number of amides is 1. The number of hydrogen-bond acceptors (Lipinski definition) is 4. The lowest BCUT2D eigenvalue weighted by Gasteiger charge is -2.37. The Morgan fingerprint density at radius 3 is 2.24 bits per heavy atom. The number of carbonyl (C=O) groups excluding carboxylic acids is 1. The molecule has 1 aromatic rings. The Balaban J connectivity index is 0.00000210. The fraction of sp³-hybridized carbons (Fsp3) is 0.667. The normalized spacial score (nSPS) is 18.1. The van der Waals surface area contributed by atoms with Crippen molar-refractivity contribution in [2.45, 2.75) is 25.7 Å². The summed E-state index contributed by atoms with van der Waals surface area (Å²) in [6, 6.07) is 6.61. The van der Waals surface area contributed by atoms with E-state index in [1.807, 2.05) is 24.1 Å². The van der Waals surface area contributed by atoms with E-state index in [0.717, 1.165) is 64.0 Å². The number of nitrogens with zero attached hydrogens (tertiary/aromatic N) is 3. The van der Waals surface area contributed by atoms with Crippen LogP contribution < -0.4 is 10.2 Å². The maximum atomic E-state index is 13.1. The van der Waals surface area contributed by atoms with Crippen molar-refractivity contribution in [1.82, 2.24) is 15.1 Å². The summed E-state index contributed by atoms with van der Waals surface area (Å²) >= 11 is 0. The SMILES string of the molecule is CNCCC1CCN(CCC(=O)N2CCN(c3ccc(F)cc3)CC2)CC1.Cl.Cl. The average Bonchev–Trinajstić information content (AvgIpc) is 2.72. The van der Waals surface area contributed by atoms with Crippen LogP contribution in [0, 0.1) is 11.7 Å². The van der Waals surface area contributed by atoms with Crippen molar-refractivity contribution in [1.29, 1.82) is 0 Å². The number of anilines is 1. The van der Waals surface area contributed by atoms with Crippen LogP contribution in [-0.2, 0) is 4.79 Å². The molecule has 0 atom stereocenters. The van der Waals surface area contributed by atoms with Crippen LogP contribution in [0.2, 0.25) is 0 Å². The van der Waals surface area contributed by atoms with Crippen LogP contribution in [0.5, 0.6) is 0 Å². The summed E-state index contributed by atoms with van der Waals surface area (Å²) in [5.74, 6) is 0.897. The molecular weight excluding hydrogens is 414 g/mol. The Kier molecular flexibility index (Phi) is 11.9.